The molecule has 1 heterocycles. The van der Waals surface area contributed by atoms with Crippen molar-refractivity contribution in [1.29, 1.82) is 0 Å². The van der Waals surface area contributed by atoms with Crippen LogP contribution in [0.2, 0.25) is 0 Å². The molecule has 1 aliphatic rings. The maximum absolute atomic E-state index is 12.0. The molecule has 1 aromatic rings. The van der Waals surface area contributed by atoms with Gasteiger partial charge in [0.2, 0.25) is 0 Å². The number of hydrogen-bond acceptors (Lipinski definition) is 4. The van der Waals surface area contributed by atoms with Crippen LogP contribution in [0.25, 0.3) is 0 Å². The molecule has 2 atom stereocenters. The van der Waals surface area contributed by atoms with E-state index in [0.717, 1.165) is 17.9 Å². The fourth-order valence-corrected chi connectivity index (χ4v) is 2.59. The molecular weight excluding hydrogens is 230 g/mol. The predicted molar refractivity (Wildman–Crippen MR) is 68.7 cm³/mol. The smallest absolute Gasteiger partial charge is 0.313 e. The first kappa shape index (κ1) is 12.9. The highest BCUT2D eigenvalue weighted by Crippen LogP contribution is 2.40. The van der Waals surface area contributed by atoms with Crippen molar-refractivity contribution in [2.24, 2.45) is 5.41 Å². The normalized spacial score (nSPS) is 26.9. The Bertz CT molecular complexity index is 429. The Balaban J connectivity index is 2.28. The number of carbonyl (C=O) groups is 1. The van der Waals surface area contributed by atoms with E-state index in [-0.39, 0.29) is 11.9 Å². The fraction of sp³-hybridized carbons (Fsp3) is 0.500. The predicted octanol–water partition coefficient (Wildman–Crippen LogP) is 1.56. The van der Waals surface area contributed by atoms with Gasteiger partial charge in [-0.2, -0.15) is 0 Å². The molecule has 98 valence electrons. The van der Waals surface area contributed by atoms with Crippen molar-refractivity contribution in [2.75, 3.05) is 27.3 Å². The SMILES string of the molecule is COC(=O)[C@]1(C)CNC[C@H]1c1ccc(OC)cc1. The van der Waals surface area contributed by atoms with Crippen LogP contribution < -0.4 is 10.1 Å². The average Bonchev–Trinajstić information content (AvgIpc) is 2.81. The van der Waals surface area contributed by atoms with Gasteiger partial charge in [0.15, 0.2) is 0 Å². The topological polar surface area (TPSA) is 47.6 Å². The van der Waals surface area contributed by atoms with E-state index in [4.69, 9.17) is 9.47 Å². The molecule has 1 aromatic carbocycles. The van der Waals surface area contributed by atoms with Crippen molar-refractivity contribution in [2.45, 2.75) is 12.8 Å². The average molecular weight is 249 g/mol. The Hall–Kier alpha value is -1.55. The second kappa shape index (κ2) is 4.98. The monoisotopic (exact) mass is 249 g/mol. The van der Waals surface area contributed by atoms with Crippen molar-refractivity contribution in [1.82, 2.24) is 5.32 Å². The lowest BCUT2D eigenvalue weighted by Crippen LogP contribution is -2.35. The van der Waals surface area contributed by atoms with Gasteiger partial charge < -0.3 is 14.8 Å². The van der Waals surface area contributed by atoms with Crippen LogP contribution in [0.1, 0.15) is 18.4 Å². The molecule has 0 aliphatic carbocycles. The highest BCUT2D eigenvalue weighted by Gasteiger charge is 2.46. The Morgan fingerprint density at radius 2 is 2.00 bits per heavy atom. The maximum atomic E-state index is 12.0. The van der Waals surface area contributed by atoms with Gasteiger partial charge in [0.25, 0.3) is 0 Å². The molecule has 0 spiro atoms. The van der Waals surface area contributed by atoms with Crippen LogP contribution in [0, 0.1) is 5.41 Å². The molecule has 0 amide bonds. The molecule has 18 heavy (non-hydrogen) atoms. The maximum Gasteiger partial charge on any atom is 0.313 e. The molecular formula is C14H19NO3. The first-order valence-electron chi connectivity index (χ1n) is 6.05. The minimum Gasteiger partial charge on any atom is -0.497 e. The van der Waals surface area contributed by atoms with Gasteiger partial charge in [-0.05, 0) is 24.6 Å². The number of ether oxygens (including phenoxy) is 2. The quantitative estimate of drug-likeness (QED) is 0.826. The lowest BCUT2D eigenvalue weighted by molar-refractivity contribution is -0.151. The number of rotatable bonds is 3. The zero-order chi connectivity index (χ0) is 13.2. The number of esters is 1. The molecule has 1 aliphatic heterocycles. The lowest BCUT2D eigenvalue weighted by Gasteiger charge is -2.27. The molecule has 4 nitrogen and oxygen atoms in total. The molecule has 0 bridgehead atoms. The summed E-state index contributed by atoms with van der Waals surface area (Å²) >= 11 is 0. The fourth-order valence-electron chi connectivity index (χ4n) is 2.59. The Morgan fingerprint density at radius 3 is 2.56 bits per heavy atom. The van der Waals surface area contributed by atoms with E-state index in [9.17, 15) is 4.79 Å². The van der Waals surface area contributed by atoms with Crippen LogP contribution in [-0.4, -0.2) is 33.3 Å². The second-order valence-electron chi connectivity index (χ2n) is 4.87. The number of carbonyl (C=O) groups excluding carboxylic acids is 1. The summed E-state index contributed by atoms with van der Waals surface area (Å²) in [5.74, 6) is 0.800. The van der Waals surface area contributed by atoms with E-state index in [1.165, 1.54) is 7.11 Å². The van der Waals surface area contributed by atoms with Crippen LogP contribution >= 0.6 is 0 Å². The van der Waals surface area contributed by atoms with Gasteiger partial charge in [0, 0.05) is 19.0 Å². The minimum atomic E-state index is -0.497. The lowest BCUT2D eigenvalue weighted by atomic mass is 9.76. The van der Waals surface area contributed by atoms with E-state index in [1.807, 2.05) is 31.2 Å². The second-order valence-corrected chi connectivity index (χ2v) is 4.87. The summed E-state index contributed by atoms with van der Waals surface area (Å²) in [6.45, 7) is 3.39. The van der Waals surface area contributed by atoms with Crippen LogP contribution in [-0.2, 0) is 9.53 Å². The molecule has 1 saturated heterocycles. The number of nitrogens with one attached hydrogen (secondary N) is 1. The molecule has 1 fully saturated rings. The van der Waals surface area contributed by atoms with Crippen LogP contribution in [0.5, 0.6) is 5.75 Å². The standard InChI is InChI=1S/C14H19NO3/c1-14(13(16)18-3)9-15-8-12(14)10-4-6-11(17-2)7-5-10/h4-7,12,15H,8-9H2,1-3H3/t12-,14+/m0/s1. The summed E-state index contributed by atoms with van der Waals surface area (Å²) in [4.78, 5) is 12.0. The summed E-state index contributed by atoms with van der Waals surface area (Å²) in [5, 5.41) is 3.27. The number of hydrogen-bond donors (Lipinski definition) is 1. The Kier molecular flexibility index (Phi) is 3.57. The van der Waals surface area contributed by atoms with Crippen molar-refractivity contribution in [3.8, 4) is 5.75 Å². The summed E-state index contributed by atoms with van der Waals surface area (Å²) in [7, 11) is 3.09. The van der Waals surface area contributed by atoms with Crippen molar-refractivity contribution >= 4 is 5.97 Å². The Morgan fingerprint density at radius 1 is 1.33 bits per heavy atom. The van der Waals surface area contributed by atoms with Gasteiger partial charge in [-0.1, -0.05) is 12.1 Å². The molecule has 0 radical (unpaired) electrons. The molecule has 0 unspecified atom stereocenters. The largest absolute Gasteiger partial charge is 0.497 e. The van der Waals surface area contributed by atoms with Crippen LogP contribution in [0.4, 0.5) is 0 Å². The molecule has 2 rings (SSSR count). The van der Waals surface area contributed by atoms with E-state index in [1.54, 1.807) is 7.11 Å². The van der Waals surface area contributed by atoms with E-state index in [2.05, 4.69) is 5.32 Å². The van der Waals surface area contributed by atoms with Gasteiger partial charge >= 0.3 is 5.97 Å². The zero-order valence-electron chi connectivity index (χ0n) is 11.0. The molecule has 4 heteroatoms. The van der Waals surface area contributed by atoms with Gasteiger partial charge in [0.1, 0.15) is 5.75 Å². The van der Waals surface area contributed by atoms with Gasteiger partial charge in [0.05, 0.1) is 19.6 Å². The summed E-state index contributed by atoms with van der Waals surface area (Å²) in [6, 6.07) is 7.87. The minimum absolute atomic E-state index is 0.135. The highest BCUT2D eigenvalue weighted by molar-refractivity contribution is 5.78. The first-order chi connectivity index (χ1) is 8.61. The Labute approximate surface area is 107 Å². The zero-order valence-corrected chi connectivity index (χ0v) is 11.0. The van der Waals surface area contributed by atoms with Gasteiger partial charge in [-0.3, -0.25) is 4.79 Å². The number of methoxy groups -OCH3 is 2. The summed E-state index contributed by atoms with van der Waals surface area (Å²) < 4.78 is 10.1. The van der Waals surface area contributed by atoms with E-state index >= 15 is 0 Å². The third-order valence-corrected chi connectivity index (χ3v) is 3.78. The van der Waals surface area contributed by atoms with Crippen LogP contribution in [0.15, 0.2) is 24.3 Å². The molecule has 0 aromatic heterocycles. The van der Waals surface area contributed by atoms with E-state index < -0.39 is 5.41 Å². The van der Waals surface area contributed by atoms with Crippen LogP contribution in [0.3, 0.4) is 0 Å². The van der Waals surface area contributed by atoms with Crippen molar-refractivity contribution in [3.05, 3.63) is 29.8 Å². The number of benzene rings is 1. The third-order valence-electron chi connectivity index (χ3n) is 3.78. The third kappa shape index (κ3) is 2.08. The van der Waals surface area contributed by atoms with Crippen molar-refractivity contribution < 1.29 is 14.3 Å². The van der Waals surface area contributed by atoms with Gasteiger partial charge in [-0.25, -0.2) is 0 Å². The molecule has 1 N–H and O–H groups in total. The highest BCUT2D eigenvalue weighted by atomic mass is 16.5. The van der Waals surface area contributed by atoms with E-state index in [0.29, 0.717) is 6.54 Å². The van der Waals surface area contributed by atoms with Gasteiger partial charge in [-0.15, -0.1) is 0 Å². The summed E-state index contributed by atoms with van der Waals surface area (Å²) in [5.41, 5.74) is 0.636. The summed E-state index contributed by atoms with van der Waals surface area (Å²) in [6.07, 6.45) is 0. The molecule has 0 saturated carbocycles. The van der Waals surface area contributed by atoms with Crippen molar-refractivity contribution in [3.63, 3.8) is 0 Å². The first-order valence-corrected chi connectivity index (χ1v) is 6.05.